The average molecular weight is 262 g/mol. The zero-order chi connectivity index (χ0) is 12.6. The van der Waals surface area contributed by atoms with Crippen LogP contribution in [0.3, 0.4) is 0 Å². The van der Waals surface area contributed by atoms with Gasteiger partial charge in [-0.15, -0.1) is 0 Å². The molecule has 2 fully saturated rings. The normalized spacial score (nSPS) is 31.5. The van der Waals surface area contributed by atoms with Gasteiger partial charge in [-0.1, -0.05) is 0 Å². The van der Waals surface area contributed by atoms with E-state index in [1.807, 2.05) is 0 Å². The standard InChI is InChI=1S/C9H14N2O5S/c12-8(13)3-6-4-11(9(14)10-6)7-1-2-17(15,16)5-7/h6-7H,1-5H2,(H,10,14)(H,12,13). The van der Waals surface area contributed by atoms with E-state index in [9.17, 15) is 18.0 Å². The molecule has 2 heterocycles. The minimum absolute atomic E-state index is 0.0137. The fourth-order valence-corrected chi connectivity index (χ4v) is 4.02. The summed E-state index contributed by atoms with van der Waals surface area (Å²) in [6, 6.07) is -1.10. The van der Waals surface area contributed by atoms with E-state index >= 15 is 0 Å². The summed E-state index contributed by atoms with van der Waals surface area (Å²) in [5.74, 6) is -0.887. The number of carboxylic acid groups (broad SMARTS) is 1. The van der Waals surface area contributed by atoms with Crippen molar-refractivity contribution in [1.82, 2.24) is 10.2 Å². The molecule has 0 aromatic heterocycles. The molecular formula is C9H14N2O5S. The highest BCUT2D eigenvalue weighted by Crippen LogP contribution is 2.21. The van der Waals surface area contributed by atoms with Crippen molar-refractivity contribution in [3.63, 3.8) is 0 Å². The van der Waals surface area contributed by atoms with E-state index in [2.05, 4.69) is 5.32 Å². The van der Waals surface area contributed by atoms with E-state index in [0.717, 1.165) is 0 Å². The second-order valence-corrected chi connectivity index (χ2v) is 6.68. The van der Waals surface area contributed by atoms with Crippen LogP contribution in [0.25, 0.3) is 0 Å². The second-order valence-electron chi connectivity index (χ2n) is 4.45. The van der Waals surface area contributed by atoms with Gasteiger partial charge in [0, 0.05) is 12.6 Å². The van der Waals surface area contributed by atoms with E-state index in [4.69, 9.17) is 5.11 Å². The number of nitrogens with one attached hydrogen (secondary N) is 1. The summed E-state index contributed by atoms with van der Waals surface area (Å²) >= 11 is 0. The topological polar surface area (TPSA) is 104 Å². The van der Waals surface area contributed by atoms with E-state index in [-0.39, 0.29) is 36.5 Å². The van der Waals surface area contributed by atoms with Crippen LogP contribution in [0, 0.1) is 0 Å². The Balaban J connectivity index is 1.99. The van der Waals surface area contributed by atoms with Crippen molar-refractivity contribution < 1.29 is 23.1 Å². The molecular weight excluding hydrogens is 248 g/mol. The number of hydrogen-bond acceptors (Lipinski definition) is 4. The molecule has 2 amide bonds. The first-order chi connectivity index (χ1) is 7.87. The first-order valence-corrected chi connectivity index (χ1v) is 7.19. The minimum atomic E-state index is -3.03. The van der Waals surface area contributed by atoms with Crippen LogP contribution in [0.15, 0.2) is 0 Å². The second kappa shape index (κ2) is 4.17. The number of rotatable bonds is 3. The number of nitrogens with zero attached hydrogens (tertiary/aromatic N) is 1. The van der Waals surface area contributed by atoms with Crippen LogP contribution in [-0.2, 0) is 14.6 Å². The largest absolute Gasteiger partial charge is 0.481 e. The fraction of sp³-hybridized carbons (Fsp3) is 0.778. The highest BCUT2D eigenvalue weighted by atomic mass is 32.2. The molecule has 8 heteroatoms. The molecule has 2 unspecified atom stereocenters. The van der Waals surface area contributed by atoms with Gasteiger partial charge in [-0.05, 0) is 6.42 Å². The number of amides is 2. The van der Waals surface area contributed by atoms with Gasteiger partial charge in [-0.2, -0.15) is 0 Å². The Kier molecular flexibility index (Phi) is 2.98. The van der Waals surface area contributed by atoms with E-state index in [0.29, 0.717) is 6.42 Å². The molecule has 0 aliphatic carbocycles. The van der Waals surface area contributed by atoms with Crippen LogP contribution < -0.4 is 5.32 Å². The molecule has 0 aromatic carbocycles. The predicted octanol–water partition coefficient (Wildman–Crippen LogP) is -0.958. The molecule has 0 spiro atoms. The lowest BCUT2D eigenvalue weighted by Gasteiger charge is -2.21. The molecule has 0 radical (unpaired) electrons. The van der Waals surface area contributed by atoms with E-state index < -0.39 is 21.8 Å². The summed E-state index contributed by atoms with van der Waals surface area (Å²) in [4.78, 5) is 23.6. The van der Waals surface area contributed by atoms with Crippen molar-refractivity contribution in [2.24, 2.45) is 0 Å². The van der Waals surface area contributed by atoms with Crippen LogP contribution in [0.5, 0.6) is 0 Å². The van der Waals surface area contributed by atoms with Gasteiger partial charge < -0.3 is 15.3 Å². The lowest BCUT2D eigenvalue weighted by Crippen LogP contribution is -2.38. The van der Waals surface area contributed by atoms with Gasteiger partial charge in [0.15, 0.2) is 9.84 Å². The van der Waals surface area contributed by atoms with Crippen LogP contribution >= 0.6 is 0 Å². The highest BCUT2D eigenvalue weighted by Gasteiger charge is 2.39. The third kappa shape index (κ3) is 2.68. The molecule has 2 aliphatic heterocycles. The number of aliphatic carboxylic acids is 1. The maximum Gasteiger partial charge on any atom is 0.318 e. The number of carboxylic acids is 1. The first-order valence-electron chi connectivity index (χ1n) is 5.37. The molecule has 2 N–H and O–H groups in total. The lowest BCUT2D eigenvalue weighted by atomic mass is 10.2. The van der Waals surface area contributed by atoms with Gasteiger partial charge >= 0.3 is 12.0 Å². The monoisotopic (exact) mass is 262 g/mol. The van der Waals surface area contributed by atoms with Gasteiger partial charge in [-0.3, -0.25) is 4.79 Å². The van der Waals surface area contributed by atoms with Crippen molar-refractivity contribution in [2.75, 3.05) is 18.1 Å². The Morgan fingerprint density at radius 1 is 1.53 bits per heavy atom. The van der Waals surface area contributed by atoms with Crippen molar-refractivity contribution in [3.8, 4) is 0 Å². The zero-order valence-electron chi connectivity index (χ0n) is 9.13. The van der Waals surface area contributed by atoms with Crippen molar-refractivity contribution >= 4 is 21.8 Å². The number of urea groups is 1. The summed E-state index contributed by atoms with van der Waals surface area (Å²) in [7, 11) is -3.03. The summed E-state index contributed by atoms with van der Waals surface area (Å²) in [6.45, 7) is 0.269. The average Bonchev–Trinajstić information content (AvgIpc) is 2.68. The Hall–Kier alpha value is -1.31. The lowest BCUT2D eigenvalue weighted by molar-refractivity contribution is -0.137. The molecule has 2 rings (SSSR count). The minimum Gasteiger partial charge on any atom is -0.481 e. The number of carbonyl (C=O) groups is 2. The van der Waals surface area contributed by atoms with Crippen LogP contribution in [0.1, 0.15) is 12.8 Å². The number of carbonyl (C=O) groups excluding carboxylic acids is 1. The molecule has 7 nitrogen and oxygen atoms in total. The van der Waals surface area contributed by atoms with Crippen molar-refractivity contribution in [1.29, 1.82) is 0 Å². The Morgan fingerprint density at radius 2 is 2.24 bits per heavy atom. The Bertz CT molecular complexity index is 446. The molecule has 17 heavy (non-hydrogen) atoms. The molecule has 0 bridgehead atoms. The molecule has 2 atom stereocenters. The predicted molar refractivity (Wildman–Crippen MR) is 58.3 cm³/mol. The molecule has 0 aromatic rings. The summed E-state index contributed by atoms with van der Waals surface area (Å²) in [5.41, 5.74) is 0. The van der Waals surface area contributed by atoms with Gasteiger partial charge in [0.2, 0.25) is 0 Å². The number of hydrogen-bond donors (Lipinski definition) is 2. The van der Waals surface area contributed by atoms with Gasteiger partial charge in [0.1, 0.15) is 0 Å². The van der Waals surface area contributed by atoms with E-state index in [1.54, 1.807) is 0 Å². The summed E-state index contributed by atoms with van der Waals surface area (Å²) in [5, 5.41) is 11.2. The summed E-state index contributed by atoms with van der Waals surface area (Å²) in [6.07, 6.45) is 0.303. The first kappa shape index (κ1) is 12.2. The van der Waals surface area contributed by atoms with E-state index in [1.165, 1.54) is 4.90 Å². The third-order valence-electron chi connectivity index (χ3n) is 3.08. The SMILES string of the molecule is O=C(O)CC1CN(C2CCS(=O)(=O)C2)C(=O)N1. The van der Waals surface area contributed by atoms with Crippen molar-refractivity contribution in [2.45, 2.75) is 24.9 Å². The van der Waals surface area contributed by atoms with Gasteiger partial charge in [-0.25, -0.2) is 13.2 Å². The van der Waals surface area contributed by atoms with Crippen LogP contribution in [0.2, 0.25) is 0 Å². The van der Waals surface area contributed by atoms with Gasteiger partial charge in [0.25, 0.3) is 0 Å². The van der Waals surface area contributed by atoms with Gasteiger partial charge in [0.05, 0.1) is 24.0 Å². The van der Waals surface area contributed by atoms with Crippen molar-refractivity contribution in [3.05, 3.63) is 0 Å². The Morgan fingerprint density at radius 3 is 2.76 bits per heavy atom. The highest BCUT2D eigenvalue weighted by molar-refractivity contribution is 7.91. The molecule has 2 aliphatic rings. The van der Waals surface area contributed by atoms with Crippen LogP contribution in [0.4, 0.5) is 4.79 Å². The maximum atomic E-state index is 11.6. The zero-order valence-corrected chi connectivity index (χ0v) is 9.94. The Labute approximate surface area is 98.7 Å². The molecule has 2 saturated heterocycles. The molecule has 96 valence electrons. The number of sulfone groups is 1. The summed E-state index contributed by atoms with van der Waals surface area (Å²) < 4.78 is 22.6. The van der Waals surface area contributed by atoms with Crippen LogP contribution in [-0.4, -0.2) is 60.6 Å². The third-order valence-corrected chi connectivity index (χ3v) is 4.83. The maximum absolute atomic E-state index is 11.6. The smallest absolute Gasteiger partial charge is 0.318 e. The quantitative estimate of drug-likeness (QED) is 0.682. The fourth-order valence-electron chi connectivity index (χ4n) is 2.29. The molecule has 0 saturated carbocycles.